The van der Waals surface area contributed by atoms with Crippen molar-refractivity contribution in [2.24, 2.45) is 5.92 Å². The van der Waals surface area contributed by atoms with E-state index in [-0.39, 0.29) is 35.8 Å². The van der Waals surface area contributed by atoms with E-state index in [0.29, 0.717) is 18.6 Å². The quantitative estimate of drug-likeness (QED) is 0.597. The number of likely N-dealkylation sites (tertiary alicyclic amines) is 1. The van der Waals surface area contributed by atoms with Gasteiger partial charge in [-0.25, -0.2) is 0 Å². The summed E-state index contributed by atoms with van der Waals surface area (Å²) < 4.78 is 12.3. The zero-order valence-electron chi connectivity index (χ0n) is 20.6. The lowest BCUT2D eigenvalue weighted by atomic mass is 9.48. The second-order valence-electron chi connectivity index (χ2n) is 11.9. The fraction of sp³-hybridized carbons (Fsp3) is 0.731. The molecule has 7 nitrogen and oxygen atoms in total. The molecule has 2 aliphatic carbocycles. The van der Waals surface area contributed by atoms with Crippen molar-refractivity contribution in [1.29, 1.82) is 0 Å². The number of phenolic OH excluding ortho intramolecular Hbond substituents is 1. The van der Waals surface area contributed by atoms with Crippen molar-refractivity contribution < 1.29 is 24.5 Å². The first-order chi connectivity index (χ1) is 15.4. The van der Waals surface area contributed by atoms with Crippen LogP contribution >= 0.6 is 0 Å². The maximum Gasteiger partial charge on any atom is 0.323 e. The maximum absolute atomic E-state index is 13.1. The Hall–Kier alpha value is -1.83. The summed E-state index contributed by atoms with van der Waals surface area (Å²) in [7, 11) is 2.09. The molecule has 3 N–H and O–H groups in total. The average molecular weight is 459 g/mol. The van der Waals surface area contributed by atoms with Gasteiger partial charge in [0.15, 0.2) is 11.5 Å². The van der Waals surface area contributed by atoms with Gasteiger partial charge in [0, 0.05) is 17.6 Å². The number of phenols is 1. The van der Waals surface area contributed by atoms with Crippen molar-refractivity contribution in [3.63, 3.8) is 0 Å². The molecule has 2 bridgehead atoms. The monoisotopic (exact) mass is 458 g/mol. The van der Waals surface area contributed by atoms with Crippen LogP contribution in [0.2, 0.25) is 0 Å². The van der Waals surface area contributed by atoms with Crippen LogP contribution in [-0.4, -0.2) is 70.1 Å². The number of carbonyl (C=O) groups is 1. The van der Waals surface area contributed by atoms with Crippen LogP contribution in [0.5, 0.6) is 11.5 Å². The molecular formula is C26H38N2O5. The molecule has 0 amide bonds. The minimum absolute atomic E-state index is 0.00745. The molecular weight excluding hydrogens is 420 g/mol. The summed E-state index contributed by atoms with van der Waals surface area (Å²) in [6, 6.07) is 3.08. The molecule has 1 aromatic rings. The van der Waals surface area contributed by atoms with Crippen LogP contribution in [0.25, 0.3) is 0 Å². The molecule has 2 heterocycles. The van der Waals surface area contributed by atoms with Gasteiger partial charge in [-0.2, -0.15) is 0 Å². The van der Waals surface area contributed by atoms with Crippen molar-refractivity contribution in [3.8, 4) is 11.5 Å². The molecule has 182 valence electrons. The van der Waals surface area contributed by atoms with Crippen molar-refractivity contribution in [2.75, 3.05) is 13.6 Å². The highest BCUT2D eigenvalue weighted by atomic mass is 16.6. The maximum atomic E-state index is 13.1. The second kappa shape index (κ2) is 7.33. The minimum Gasteiger partial charge on any atom is -0.504 e. The van der Waals surface area contributed by atoms with Crippen LogP contribution < -0.4 is 10.1 Å². The van der Waals surface area contributed by atoms with Gasteiger partial charge in [0.05, 0.1) is 11.0 Å². The van der Waals surface area contributed by atoms with E-state index in [1.165, 1.54) is 0 Å². The number of rotatable bonds is 4. The van der Waals surface area contributed by atoms with Crippen LogP contribution in [0.15, 0.2) is 12.1 Å². The van der Waals surface area contributed by atoms with Gasteiger partial charge in [0.2, 0.25) is 0 Å². The van der Waals surface area contributed by atoms with Gasteiger partial charge >= 0.3 is 5.97 Å². The third-order valence-electron chi connectivity index (χ3n) is 8.45. The van der Waals surface area contributed by atoms with Crippen molar-refractivity contribution in [2.45, 2.75) is 101 Å². The number of piperidine rings is 1. The molecule has 3 unspecified atom stereocenters. The molecule has 33 heavy (non-hydrogen) atoms. The summed E-state index contributed by atoms with van der Waals surface area (Å²) in [5, 5.41) is 26.6. The standard InChI is InChI=1S/C26H38N2O5/c1-14(2)20(23(30)33-24(3,4)5)27-16-9-10-26(31)18-13-15-7-8-17(29)21-19(15)25(26,22(16)32-21)11-12-28(18)6/h7-8,14,16,18,20,22,27,29,31H,9-13H2,1-6H3/t16?,18-,20?,22?,25+,26-/m1/s1. The molecule has 2 aliphatic heterocycles. The minimum atomic E-state index is -0.936. The van der Waals surface area contributed by atoms with Gasteiger partial charge in [-0.05, 0) is 77.6 Å². The van der Waals surface area contributed by atoms with Crippen LogP contribution in [0, 0.1) is 5.92 Å². The molecule has 1 saturated carbocycles. The first kappa shape index (κ1) is 22.9. The van der Waals surface area contributed by atoms with Gasteiger partial charge < -0.3 is 24.6 Å². The highest BCUT2D eigenvalue weighted by Crippen LogP contribution is 2.65. The van der Waals surface area contributed by atoms with E-state index in [0.717, 1.165) is 30.5 Å². The second-order valence-corrected chi connectivity index (χ2v) is 11.9. The summed E-state index contributed by atoms with van der Waals surface area (Å²) in [6.07, 6.45) is 2.44. The van der Waals surface area contributed by atoms with E-state index in [1.54, 1.807) is 6.07 Å². The number of hydrogen-bond donors (Lipinski definition) is 3. The predicted molar refractivity (Wildman–Crippen MR) is 125 cm³/mol. The number of carbonyl (C=O) groups excluding carboxylic acids is 1. The highest BCUT2D eigenvalue weighted by Gasteiger charge is 2.72. The van der Waals surface area contributed by atoms with Crippen LogP contribution in [0.1, 0.15) is 65.0 Å². The van der Waals surface area contributed by atoms with Gasteiger partial charge in [-0.3, -0.25) is 10.1 Å². The van der Waals surface area contributed by atoms with Gasteiger partial charge in [0.1, 0.15) is 17.7 Å². The van der Waals surface area contributed by atoms with Crippen molar-refractivity contribution in [1.82, 2.24) is 10.2 Å². The van der Waals surface area contributed by atoms with Crippen LogP contribution in [0.4, 0.5) is 0 Å². The summed E-state index contributed by atoms with van der Waals surface area (Å²) in [4.78, 5) is 15.3. The molecule has 1 aromatic carbocycles. The fourth-order valence-corrected chi connectivity index (χ4v) is 7.05. The number of aliphatic hydroxyl groups is 1. The topological polar surface area (TPSA) is 91.3 Å². The molecule has 5 rings (SSSR count). The van der Waals surface area contributed by atoms with Gasteiger partial charge in [-0.1, -0.05) is 19.9 Å². The molecule has 7 heteroatoms. The summed E-state index contributed by atoms with van der Waals surface area (Å²) >= 11 is 0. The number of nitrogens with one attached hydrogen (secondary N) is 1. The molecule has 1 spiro atoms. The summed E-state index contributed by atoms with van der Waals surface area (Å²) in [5.74, 6) is 0.414. The van der Waals surface area contributed by atoms with E-state index in [1.807, 2.05) is 40.7 Å². The zero-order valence-corrected chi connectivity index (χ0v) is 20.6. The Kier molecular flexibility index (Phi) is 5.10. The molecule has 0 aromatic heterocycles. The Bertz CT molecular complexity index is 972. The number of nitrogens with zero attached hydrogens (tertiary/aromatic N) is 1. The lowest BCUT2D eigenvalue weighted by Crippen LogP contribution is -2.78. The van der Waals surface area contributed by atoms with Crippen LogP contribution in [0.3, 0.4) is 0 Å². The summed E-state index contributed by atoms with van der Waals surface area (Å²) in [5.41, 5.74) is 0.0395. The molecule has 2 fully saturated rings. The molecule has 4 aliphatic rings. The van der Waals surface area contributed by atoms with Gasteiger partial charge in [-0.15, -0.1) is 0 Å². The number of likely N-dealkylation sites (N-methyl/N-ethyl adjacent to an activating group) is 1. The first-order valence-electron chi connectivity index (χ1n) is 12.3. The Morgan fingerprint density at radius 3 is 2.70 bits per heavy atom. The Morgan fingerprint density at radius 2 is 2.03 bits per heavy atom. The smallest absolute Gasteiger partial charge is 0.323 e. The number of esters is 1. The Balaban J connectivity index is 1.55. The van der Waals surface area contributed by atoms with E-state index < -0.39 is 22.7 Å². The number of hydrogen-bond acceptors (Lipinski definition) is 7. The Morgan fingerprint density at radius 1 is 1.30 bits per heavy atom. The normalized spacial score (nSPS) is 35.7. The average Bonchev–Trinajstić information content (AvgIpc) is 3.06. The van der Waals surface area contributed by atoms with Crippen LogP contribution in [-0.2, 0) is 21.4 Å². The number of aromatic hydroxyl groups is 1. The molecule has 6 atom stereocenters. The predicted octanol–water partition coefficient (Wildman–Crippen LogP) is 2.50. The van der Waals surface area contributed by atoms with E-state index >= 15 is 0 Å². The number of ether oxygens (including phenoxy) is 2. The van der Waals surface area contributed by atoms with Gasteiger partial charge in [0.25, 0.3) is 0 Å². The lowest BCUT2D eigenvalue weighted by Gasteiger charge is -2.63. The molecule has 1 saturated heterocycles. The third-order valence-corrected chi connectivity index (χ3v) is 8.45. The van der Waals surface area contributed by atoms with Crippen molar-refractivity contribution in [3.05, 3.63) is 23.3 Å². The fourth-order valence-electron chi connectivity index (χ4n) is 7.05. The van der Waals surface area contributed by atoms with E-state index in [2.05, 4.69) is 17.3 Å². The van der Waals surface area contributed by atoms with E-state index in [4.69, 9.17) is 9.47 Å². The van der Waals surface area contributed by atoms with Crippen molar-refractivity contribution >= 4 is 5.97 Å². The largest absolute Gasteiger partial charge is 0.504 e. The molecule has 0 radical (unpaired) electrons. The zero-order chi connectivity index (χ0) is 23.9. The SMILES string of the molecule is CC(C)C(NC1CC[C@@]2(O)[C@H]3Cc4ccc(O)c5c4[C@@]2(CCN3C)C1O5)C(=O)OC(C)(C)C. The lowest BCUT2D eigenvalue weighted by molar-refractivity contribution is -0.188. The summed E-state index contributed by atoms with van der Waals surface area (Å²) in [6.45, 7) is 10.5. The highest BCUT2D eigenvalue weighted by molar-refractivity contribution is 5.76. The first-order valence-corrected chi connectivity index (χ1v) is 12.3. The van der Waals surface area contributed by atoms with E-state index in [9.17, 15) is 15.0 Å². The Labute approximate surface area is 196 Å². The third kappa shape index (κ3) is 3.15. The number of benzene rings is 1.